The van der Waals surface area contributed by atoms with Gasteiger partial charge in [0.1, 0.15) is 5.82 Å². The van der Waals surface area contributed by atoms with E-state index in [2.05, 4.69) is 28.7 Å². The molecule has 1 amide bonds. The van der Waals surface area contributed by atoms with E-state index < -0.39 is 0 Å². The van der Waals surface area contributed by atoms with E-state index in [1.54, 1.807) is 12.4 Å². The molecule has 2 aromatic rings. The number of hydrogen-bond donors (Lipinski definition) is 0. The Morgan fingerprint density at radius 3 is 2.62 bits per heavy atom. The lowest BCUT2D eigenvalue weighted by atomic mass is 10.1. The van der Waals surface area contributed by atoms with Gasteiger partial charge in [-0.25, -0.2) is 9.97 Å². The van der Waals surface area contributed by atoms with Crippen molar-refractivity contribution in [3.05, 3.63) is 36.3 Å². The molecule has 3 heterocycles. The molecular weight excluding hydrogens is 326 g/mol. The summed E-state index contributed by atoms with van der Waals surface area (Å²) < 4.78 is 0. The zero-order chi connectivity index (χ0) is 18.5. The zero-order valence-electron chi connectivity index (χ0n) is 15.9. The molecule has 0 N–H and O–H groups in total. The summed E-state index contributed by atoms with van der Waals surface area (Å²) in [5.41, 5.74) is 1.85. The molecule has 0 atom stereocenters. The Hall–Kier alpha value is -2.50. The Morgan fingerprint density at radius 1 is 1.19 bits per heavy atom. The maximum atomic E-state index is 12.3. The summed E-state index contributed by atoms with van der Waals surface area (Å²) in [7, 11) is 0. The van der Waals surface area contributed by atoms with Crippen LogP contribution in [0.5, 0.6) is 0 Å². The highest BCUT2D eigenvalue weighted by atomic mass is 16.2. The summed E-state index contributed by atoms with van der Waals surface area (Å²) in [6.45, 7) is 9.40. The number of carbonyl (C=O) groups excluding carboxylic acids is 1. The van der Waals surface area contributed by atoms with Crippen LogP contribution in [0.3, 0.4) is 0 Å². The molecule has 6 heteroatoms. The van der Waals surface area contributed by atoms with Gasteiger partial charge in [0.25, 0.3) is 0 Å². The molecule has 138 valence electrons. The van der Waals surface area contributed by atoms with Crippen molar-refractivity contribution in [2.24, 2.45) is 5.92 Å². The van der Waals surface area contributed by atoms with Crippen LogP contribution in [-0.4, -0.2) is 51.9 Å². The van der Waals surface area contributed by atoms with Crippen molar-refractivity contribution < 1.29 is 4.79 Å². The average Bonchev–Trinajstić information content (AvgIpc) is 2.66. The molecule has 0 unspecified atom stereocenters. The Labute approximate surface area is 155 Å². The van der Waals surface area contributed by atoms with Gasteiger partial charge in [0.15, 0.2) is 5.82 Å². The van der Waals surface area contributed by atoms with Crippen LogP contribution in [0.1, 0.15) is 32.4 Å². The first-order chi connectivity index (χ1) is 12.5. The van der Waals surface area contributed by atoms with Gasteiger partial charge in [0, 0.05) is 62.3 Å². The minimum absolute atomic E-state index is 0.272. The van der Waals surface area contributed by atoms with E-state index >= 15 is 0 Å². The first-order valence-electron chi connectivity index (χ1n) is 9.31. The van der Waals surface area contributed by atoms with Crippen LogP contribution in [0.25, 0.3) is 11.4 Å². The van der Waals surface area contributed by atoms with E-state index in [1.165, 1.54) is 0 Å². The van der Waals surface area contributed by atoms with E-state index in [4.69, 9.17) is 4.98 Å². The molecule has 0 aromatic carbocycles. The second-order valence-electron chi connectivity index (χ2n) is 7.23. The molecule has 1 aliphatic heterocycles. The lowest BCUT2D eigenvalue weighted by molar-refractivity contribution is -0.131. The Morgan fingerprint density at radius 2 is 1.96 bits per heavy atom. The number of anilines is 1. The molecule has 1 aliphatic rings. The number of aromatic nitrogens is 3. The second kappa shape index (κ2) is 8.25. The lowest BCUT2D eigenvalue weighted by Crippen LogP contribution is -2.49. The van der Waals surface area contributed by atoms with Crippen LogP contribution in [0.15, 0.2) is 30.6 Å². The second-order valence-corrected chi connectivity index (χ2v) is 7.23. The summed E-state index contributed by atoms with van der Waals surface area (Å²) >= 11 is 0. The quantitative estimate of drug-likeness (QED) is 0.827. The molecule has 3 rings (SSSR count). The van der Waals surface area contributed by atoms with Crippen molar-refractivity contribution in [1.29, 1.82) is 0 Å². The number of aryl methyl sites for hydroxylation is 1. The van der Waals surface area contributed by atoms with E-state index in [1.807, 2.05) is 30.0 Å². The highest BCUT2D eigenvalue weighted by molar-refractivity contribution is 5.76. The van der Waals surface area contributed by atoms with Crippen LogP contribution in [0.2, 0.25) is 0 Å². The number of rotatable bonds is 5. The number of carbonyl (C=O) groups is 1. The van der Waals surface area contributed by atoms with Gasteiger partial charge in [-0.05, 0) is 31.4 Å². The third kappa shape index (κ3) is 4.56. The third-order valence-corrected chi connectivity index (χ3v) is 4.65. The lowest BCUT2D eigenvalue weighted by Gasteiger charge is -2.35. The molecule has 1 fully saturated rings. The average molecular weight is 353 g/mol. The van der Waals surface area contributed by atoms with Gasteiger partial charge >= 0.3 is 0 Å². The first kappa shape index (κ1) is 18.3. The van der Waals surface area contributed by atoms with Crippen molar-refractivity contribution in [3.63, 3.8) is 0 Å². The van der Waals surface area contributed by atoms with E-state index in [0.29, 0.717) is 18.2 Å². The maximum absolute atomic E-state index is 12.3. The van der Waals surface area contributed by atoms with Crippen LogP contribution in [-0.2, 0) is 4.79 Å². The summed E-state index contributed by atoms with van der Waals surface area (Å²) in [6, 6.07) is 5.87. The summed E-state index contributed by atoms with van der Waals surface area (Å²) in [5.74, 6) is 2.46. The molecule has 0 saturated carbocycles. The van der Waals surface area contributed by atoms with E-state index in [0.717, 1.165) is 49.7 Å². The van der Waals surface area contributed by atoms with Crippen LogP contribution < -0.4 is 4.90 Å². The monoisotopic (exact) mass is 353 g/mol. The summed E-state index contributed by atoms with van der Waals surface area (Å²) in [6.07, 6.45) is 5.13. The van der Waals surface area contributed by atoms with Gasteiger partial charge in [-0.1, -0.05) is 13.8 Å². The zero-order valence-corrected chi connectivity index (χ0v) is 15.9. The van der Waals surface area contributed by atoms with Gasteiger partial charge in [0.05, 0.1) is 0 Å². The fourth-order valence-corrected chi connectivity index (χ4v) is 3.09. The number of nitrogens with zero attached hydrogens (tertiary/aromatic N) is 5. The molecule has 1 saturated heterocycles. The van der Waals surface area contributed by atoms with E-state index in [-0.39, 0.29) is 5.91 Å². The Bertz CT molecular complexity index is 739. The molecule has 0 bridgehead atoms. The molecule has 2 aromatic heterocycles. The highest BCUT2D eigenvalue weighted by Gasteiger charge is 2.22. The predicted octanol–water partition coefficient (Wildman–Crippen LogP) is 2.93. The standard InChI is InChI=1S/C20H27N5O/c1-15(2)6-7-19(26)25-11-9-24(10-12-25)18-13-16(3)22-20(23-18)17-5-4-8-21-14-17/h4-5,8,13-15H,6-7,9-12H2,1-3H3. The fourth-order valence-electron chi connectivity index (χ4n) is 3.09. The topological polar surface area (TPSA) is 62.2 Å². The summed E-state index contributed by atoms with van der Waals surface area (Å²) in [5, 5.41) is 0. The Balaban J connectivity index is 1.66. The minimum Gasteiger partial charge on any atom is -0.353 e. The van der Waals surface area contributed by atoms with Crippen molar-refractivity contribution in [1.82, 2.24) is 19.9 Å². The molecule has 6 nitrogen and oxygen atoms in total. The van der Waals surface area contributed by atoms with Gasteiger partial charge in [-0.2, -0.15) is 0 Å². The predicted molar refractivity (Wildman–Crippen MR) is 103 cm³/mol. The smallest absolute Gasteiger partial charge is 0.222 e. The SMILES string of the molecule is Cc1cc(N2CCN(C(=O)CCC(C)C)CC2)nc(-c2cccnc2)n1. The molecule has 0 spiro atoms. The van der Waals surface area contributed by atoms with Crippen molar-refractivity contribution >= 4 is 11.7 Å². The molecule has 26 heavy (non-hydrogen) atoms. The molecule has 0 radical (unpaired) electrons. The first-order valence-corrected chi connectivity index (χ1v) is 9.31. The molecular formula is C20H27N5O. The Kier molecular flexibility index (Phi) is 5.81. The van der Waals surface area contributed by atoms with E-state index in [9.17, 15) is 4.79 Å². The number of hydrogen-bond acceptors (Lipinski definition) is 5. The van der Waals surface area contributed by atoms with Crippen molar-refractivity contribution in [2.75, 3.05) is 31.1 Å². The van der Waals surface area contributed by atoms with Crippen molar-refractivity contribution in [3.8, 4) is 11.4 Å². The number of piperazine rings is 1. The van der Waals surface area contributed by atoms with Crippen LogP contribution in [0, 0.1) is 12.8 Å². The highest BCUT2D eigenvalue weighted by Crippen LogP contribution is 2.21. The number of amides is 1. The van der Waals surface area contributed by atoms with Crippen molar-refractivity contribution in [2.45, 2.75) is 33.6 Å². The normalized spacial score (nSPS) is 14.8. The number of pyridine rings is 1. The van der Waals surface area contributed by atoms with Crippen LogP contribution >= 0.6 is 0 Å². The summed E-state index contributed by atoms with van der Waals surface area (Å²) in [4.78, 5) is 30.0. The van der Waals surface area contributed by atoms with Crippen LogP contribution in [0.4, 0.5) is 5.82 Å². The van der Waals surface area contributed by atoms with Gasteiger partial charge in [-0.15, -0.1) is 0 Å². The minimum atomic E-state index is 0.272. The fraction of sp³-hybridized carbons (Fsp3) is 0.500. The maximum Gasteiger partial charge on any atom is 0.222 e. The van der Waals surface area contributed by atoms with Gasteiger partial charge in [0.2, 0.25) is 5.91 Å². The van der Waals surface area contributed by atoms with Gasteiger partial charge < -0.3 is 9.80 Å². The molecule has 0 aliphatic carbocycles. The van der Waals surface area contributed by atoms with Gasteiger partial charge in [-0.3, -0.25) is 9.78 Å². The third-order valence-electron chi connectivity index (χ3n) is 4.65. The largest absolute Gasteiger partial charge is 0.353 e.